The molecule has 0 spiro atoms. The molecule has 3 aromatic rings. The molecule has 0 saturated heterocycles. The van der Waals surface area contributed by atoms with Crippen LogP contribution in [0, 0.1) is 6.92 Å². The van der Waals surface area contributed by atoms with Crippen molar-refractivity contribution in [2.75, 3.05) is 0 Å². The molecule has 0 aliphatic rings. The summed E-state index contributed by atoms with van der Waals surface area (Å²) < 4.78 is 6.48. The van der Waals surface area contributed by atoms with Gasteiger partial charge in [0, 0.05) is 17.8 Å². The molecule has 0 unspecified atom stereocenters. The molecular weight excluding hydrogens is 206 g/mol. The molecule has 1 aromatic carbocycles. The van der Waals surface area contributed by atoms with Gasteiger partial charge in [-0.05, 0) is 30.6 Å². The number of rotatable bonds is 1. The maximum atomic E-state index is 4.41. The van der Waals surface area contributed by atoms with Crippen molar-refractivity contribution in [3.63, 3.8) is 0 Å². The maximum Gasteiger partial charge on any atom is 0.129 e. The van der Waals surface area contributed by atoms with Crippen LogP contribution in [0.5, 0.6) is 0 Å². The summed E-state index contributed by atoms with van der Waals surface area (Å²) in [6.45, 7) is 1.99. The van der Waals surface area contributed by atoms with E-state index in [1.807, 2.05) is 37.5 Å². The van der Waals surface area contributed by atoms with Crippen molar-refractivity contribution in [1.82, 2.24) is 13.9 Å². The Kier molecular flexibility index (Phi) is 1.82. The van der Waals surface area contributed by atoms with Gasteiger partial charge in [0.05, 0.1) is 5.52 Å². The molecule has 74 valence electrons. The molecule has 0 fully saturated rings. The van der Waals surface area contributed by atoms with Gasteiger partial charge < -0.3 is 0 Å². The Morgan fingerprint density at radius 3 is 2.93 bits per heavy atom. The van der Waals surface area contributed by atoms with Crippen LogP contribution in [0.2, 0.25) is 0 Å². The lowest BCUT2D eigenvalue weighted by Gasteiger charge is -2.00. The van der Waals surface area contributed by atoms with E-state index in [4.69, 9.17) is 0 Å². The second-order valence-corrected chi connectivity index (χ2v) is 4.10. The van der Waals surface area contributed by atoms with Crippen molar-refractivity contribution in [2.45, 2.75) is 6.92 Å². The number of fused-ring (bicyclic) bond motifs is 1. The highest BCUT2D eigenvalue weighted by molar-refractivity contribution is 7.10. The quantitative estimate of drug-likeness (QED) is 0.625. The Morgan fingerprint density at radius 1 is 1.27 bits per heavy atom. The predicted octanol–water partition coefficient (Wildman–Crippen LogP) is 2.79. The lowest BCUT2D eigenvalue weighted by molar-refractivity contribution is 1.000. The monoisotopic (exact) mass is 215 g/mol. The first-order valence-corrected chi connectivity index (χ1v) is 5.48. The summed E-state index contributed by atoms with van der Waals surface area (Å²) in [5, 5.41) is 2.32. The van der Waals surface area contributed by atoms with Gasteiger partial charge in [-0.3, -0.25) is 4.57 Å². The second-order valence-electron chi connectivity index (χ2n) is 3.35. The summed E-state index contributed by atoms with van der Waals surface area (Å²) in [7, 11) is 0. The van der Waals surface area contributed by atoms with E-state index in [1.165, 1.54) is 16.9 Å². The first-order chi connectivity index (χ1) is 7.36. The molecule has 2 heterocycles. The van der Waals surface area contributed by atoms with Crippen molar-refractivity contribution in [3.05, 3.63) is 42.5 Å². The van der Waals surface area contributed by atoms with Gasteiger partial charge in [0.25, 0.3) is 0 Å². The van der Waals surface area contributed by atoms with Gasteiger partial charge in [0.1, 0.15) is 10.8 Å². The Labute approximate surface area is 91.2 Å². The van der Waals surface area contributed by atoms with Crippen LogP contribution in [0.1, 0.15) is 5.82 Å². The molecule has 0 amide bonds. The average Bonchev–Trinajstić information content (AvgIpc) is 2.83. The summed E-state index contributed by atoms with van der Waals surface area (Å²) in [6, 6.07) is 8.16. The van der Waals surface area contributed by atoms with E-state index in [0.717, 1.165) is 16.3 Å². The predicted molar refractivity (Wildman–Crippen MR) is 61.5 cm³/mol. The summed E-state index contributed by atoms with van der Waals surface area (Å²) in [6.07, 6.45) is 3.78. The Balaban J connectivity index is 2.32. The summed E-state index contributed by atoms with van der Waals surface area (Å²) in [5.41, 5.74) is 1.05. The molecule has 3 nitrogen and oxygen atoms in total. The molecule has 15 heavy (non-hydrogen) atoms. The molecule has 2 aromatic heterocycles. The highest BCUT2D eigenvalue weighted by Crippen LogP contribution is 2.26. The van der Waals surface area contributed by atoms with Crippen LogP contribution in [-0.2, 0) is 0 Å². The molecule has 0 radical (unpaired) electrons. The normalized spacial score (nSPS) is 11.0. The number of aromatic nitrogens is 3. The van der Waals surface area contributed by atoms with Gasteiger partial charge in [0.2, 0.25) is 0 Å². The third-order valence-electron chi connectivity index (χ3n) is 2.41. The topological polar surface area (TPSA) is 30.7 Å². The number of imidazole rings is 1. The second kappa shape index (κ2) is 3.17. The number of aryl methyl sites for hydroxylation is 1. The smallest absolute Gasteiger partial charge is 0.129 e. The largest absolute Gasteiger partial charge is 0.293 e. The van der Waals surface area contributed by atoms with Gasteiger partial charge in [-0.2, -0.15) is 4.37 Å². The van der Waals surface area contributed by atoms with Crippen molar-refractivity contribution in [1.29, 1.82) is 0 Å². The van der Waals surface area contributed by atoms with Gasteiger partial charge >= 0.3 is 0 Å². The number of hydrogen-bond donors (Lipinski definition) is 0. The zero-order valence-electron chi connectivity index (χ0n) is 8.21. The van der Waals surface area contributed by atoms with Gasteiger partial charge in [-0.15, -0.1) is 0 Å². The summed E-state index contributed by atoms with van der Waals surface area (Å²) in [5.74, 6) is 0.990. The molecule has 0 aliphatic carbocycles. The van der Waals surface area contributed by atoms with Crippen molar-refractivity contribution >= 4 is 22.4 Å². The third-order valence-corrected chi connectivity index (χ3v) is 3.29. The fraction of sp³-hybridized carbons (Fsp3) is 0.0909. The minimum absolute atomic E-state index is 0.990. The molecule has 0 aliphatic heterocycles. The van der Waals surface area contributed by atoms with Crippen LogP contribution in [0.3, 0.4) is 0 Å². The minimum atomic E-state index is 0.990. The number of hydrogen-bond acceptors (Lipinski definition) is 3. The maximum absolute atomic E-state index is 4.41. The zero-order chi connectivity index (χ0) is 10.3. The third kappa shape index (κ3) is 1.26. The summed E-state index contributed by atoms with van der Waals surface area (Å²) in [4.78, 5) is 4.22. The van der Waals surface area contributed by atoms with Crippen molar-refractivity contribution in [3.8, 4) is 5.00 Å². The Morgan fingerprint density at radius 2 is 2.13 bits per heavy atom. The van der Waals surface area contributed by atoms with Gasteiger partial charge in [-0.1, -0.05) is 12.1 Å². The van der Waals surface area contributed by atoms with Crippen LogP contribution in [0.25, 0.3) is 15.9 Å². The van der Waals surface area contributed by atoms with E-state index in [2.05, 4.69) is 20.0 Å². The molecule has 0 atom stereocenters. The zero-order valence-corrected chi connectivity index (χ0v) is 9.03. The van der Waals surface area contributed by atoms with Crippen molar-refractivity contribution in [2.24, 2.45) is 0 Å². The van der Waals surface area contributed by atoms with E-state index in [1.54, 1.807) is 0 Å². The Bertz CT molecular complexity index is 609. The van der Waals surface area contributed by atoms with Crippen LogP contribution >= 0.6 is 11.5 Å². The number of nitrogens with zero attached hydrogens (tertiary/aromatic N) is 3. The molecular formula is C11H9N3S. The number of benzene rings is 1. The molecule has 0 saturated carbocycles. The fourth-order valence-corrected chi connectivity index (χ4v) is 2.54. The standard InChI is InChI=1S/C11H9N3S/c1-8-12-6-7-14(8)11-9-4-2-3-5-10(9)13-15-11/h2-7H,1H3. The average molecular weight is 215 g/mol. The van der Waals surface area contributed by atoms with Crippen LogP contribution in [0.15, 0.2) is 36.7 Å². The summed E-state index contributed by atoms with van der Waals surface area (Å²) >= 11 is 1.51. The lowest BCUT2D eigenvalue weighted by Crippen LogP contribution is -1.92. The SMILES string of the molecule is Cc1nccn1-c1snc2ccccc12. The van der Waals surface area contributed by atoms with Crippen molar-refractivity contribution < 1.29 is 0 Å². The van der Waals surface area contributed by atoms with Crippen LogP contribution in [0.4, 0.5) is 0 Å². The van der Waals surface area contributed by atoms with E-state index in [-0.39, 0.29) is 0 Å². The molecule has 4 heteroatoms. The Hall–Kier alpha value is -1.68. The molecule has 0 N–H and O–H groups in total. The van der Waals surface area contributed by atoms with E-state index < -0.39 is 0 Å². The van der Waals surface area contributed by atoms with Crippen LogP contribution in [-0.4, -0.2) is 13.9 Å². The lowest BCUT2D eigenvalue weighted by atomic mass is 10.2. The molecule has 3 rings (SSSR count). The van der Waals surface area contributed by atoms with E-state index >= 15 is 0 Å². The van der Waals surface area contributed by atoms with E-state index in [0.29, 0.717) is 0 Å². The van der Waals surface area contributed by atoms with Gasteiger partial charge in [0.15, 0.2) is 0 Å². The highest BCUT2D eigenvalue weighted by Gasteiger charge is 2.08. The van der Waals surface area contributed by atoms with Gasteiger partial charge in [-0.25, -0.2) is 4.98 Å². The van der Waals surface area contributed by atoms with Crippen LogP contribution < -0.4 is 0 Å². The fourth-order valence-electron chi connectivity index (χ4n) is 1.64. The first-order valence-electron chi connectivity index (χ1n) is 4.71. The minimum Gasteiger partial charge on any atom is -0.293 e. The molecule has 0 bridgehead atoms. The van der Waals surface area contributed by atoms with E-state index in [9.17, 15) is 0 Å². The highest BCUT2D eigenvalue weighted by atomic mass is 32.1. The first kappa shape index (κ1) is 8.61.